The van der Waals surface area contributed by atoms with Gasteiger partial charge < -0.3 is 5.32 Å². The summed E-state index contributed by atoms with van der Waals surface area (Å²) in [6.45, 7) is -0.163. The van der Waals surface area contributed by atoms with Crippen molar-refractivity contribution in [3.8, 4) is 0 Å². The van der Waals surface area contributed by atoms with Crippen molar-refractivity contribution in [1.29, 1.82) is 0 Å². The van der Waals surface area contributed by atoms with Gasteiger partial charge in [-0.25, -0.2) is 0 Å². The summed E-state index contributed by atoms with van der Waals surface area (Å²) < 4.78 is 36.2. The molecule has 0 aliphatic heterocycles. The van der Waals surface area contributed by atoms with Crippen LogP contribution in [0.15, 0.2) is 65.6 Å². The Hall–Kier alpha value is -2.21. The lowest BCUT2D eigenvalue weighted by Crippen LogP contribution is -2.36. The van der Waals surface area contributed by atoms with Crippen LogP contribution in [0.3, 0.4) is 0 Å². The van der Waals surface area contributed by atoms with Crippen LogP contribution in [-0.2, 0) is 11.2 Å². The molecule has 0 spiro atoms. The van der Waals surface area contributed by atoms with E-state index in [2.05, 4.69) is 12.1 Å². The van der Waals surface area contributed by atoms with Gasteiger partial charge in [0.25, 0.3) is 0 Å². The average Bonchev–Trinajstić information content (AvgIpc) is 2.59. The predicted molar refractivity (Wildman–Crippen MR) is 95.4 cm³/mol. The fourth-order valence-corrected chi connectivity index (χ4v) is 3.05. The summed E-state index contributed by atoms with van der Waals surface area (Å²) in [7, 11) is 0. The van der Waals surface area contributed by atoms with Gasteiger partial charge in [0.05, 0.1) is 0 Å². The van der Waals surface area contributed by atoms with Crippen LogP contribution < -0.4 is 5.32 Å². The van der Waals surface area contributed by atoms with Gasteiger partial charge in [-0.2, -0.15) is 13.2 Å². The minimum Gasteiger partial charge on any atom is -0.345 e. The zero-order chi connectivity index (χ0) is 18.1. The van der Waals surface area contributed by atoms with Crippen LogP contribution in [0.1, 0.15) is 11.1 Å². The SMILES string of the molecule is O=C(NC/C=C/c1cccc(SCCc2ccccc2)c1)C(F)(F)F. The minimum absolute atomic E-state index is 0.163. The largest absolute Gasteiger partial charge is 0.471 e. The molecule has 0 aliphatic carbocycles. The lowest BCUT2D eigenvalue weighted by molar-refractivity contribution is -0.173. The first kappa shape index (κ1) is 19.1. The second kappa shape index (κ2) is 9.32. The maximum atomic E-state index is 12.1. The van der Waals surface area contributed by atoms with Crippen LogP contribution in [0.4, 0.5) is 13.2 Å². The van der Waals surface area contributed by atoms with Crippen molar-refractivity contribution in [2.45, 2.75) is 17.5 Å². The second-order valence-corrected chi connectivity index (χ2v) is 6.44. The molecule has 1 N–H and O–H groups in total. The summed E-state index contributed by atoms with van der Waals surface area (Å²) in [4.78, 5) is 11.8. The zero-order valence-electron chi connectivity index (χ0n) is 13.4. The third-order valence-corrected chi connectivity index (χ3v) is 4.30. The first-order valence-electron chi connectivity index (χ1n) is 7.73. The Morgan fingerprint density at radius 1 is 1.08 bits per heavy atom. The lowest BCUT2D eigenvalue weighted by atomic mass is 10.2. The molecule has 6 heteroatoms. The number of rotatable bonds is 7. The number of aryl methyl sites for hydroxylation is 1. The summed E-state index contributed by atoms with van der Waals surface area (Å²) in [5, 5.41) is 1.80. The molecule has 0 heterocycles. The molecule has 1 amide bonds. The predicted octanol–water partition coefficient (Wildman–Crippen LogP) is 4.71. The normalized spacial score (nSPS) is 11.6. The quantitative estimate of drug-likeness (QED) is 0.720. The highest BCUT2D eigenvalue weighted by molar-refractivity contribution is 7.99. The Kier molecular flexibility index (Phi) is 7.13. The molecule has 0 saturated heterocycles. The van der Waals surface area contributed by atoms with Crippen LogP contribution in [0.2, 0.25) is 0 Å². The number of hydrogen-bond donors (Lipinski definition) is 1. The molecule has 0 unspecified atom stereocenters. The van der Waals surface area contributed by atoms with Gasteiger partial charge in [0.2, 0.25) is 0 Å². The second-order valence-electron chi connectivity index (χ2n) is 5.27. The molecule has 0 radical (unpaired) electrons. The molecule has 0 aliphatic rings. The van der Waals surface area contributed by atoms with E-state index in [1.54, 1.807) is 23.2 Å². The van der Waals surface area contributed by atoms with E-state index in [0.717, 1.165) is 22.6 Å². The van der Waals surface area contributed by atoms with E-state index in [0.29, 0.717) is 0 Å². The van der Waals surface area contributed by atoms with Crippen LogP contribution in [0, 0.1) is 0 Å². The smallest absolute Gasteiger partial charge is 0.345 e. The van der Waals surface area contributed by atoms with Gasteiger partial charge in [0.1, 0.15) is 0 Å². The molecule has 0 bridgehead atoms. The Labute approximate surface area is 149 Å². The van der Waals surface area contributed by atoms with Gasteiger partial charge in [-0.1, -0.05) is 54.6 Å². The standard InChI is InChI=1S/C19H18F3NOS/c20-19(21,22)18(24)23-12-5-9-16-8-4-10-17(14-16)25-13-11-15-6-2-1-3-7-15/h1-10,14H,11-13H2,(H,23,24)/b9-5+. The summed E-state index contributed by atoms with van der Waals surface area (Å²) in [6.07, 6.45) is -0.687. The molecule has 2 aromatic rings. The average molecular weight is 365 g/mol. The van der Waals surface area contributed by atoms with Gasteiger partial charge in [-0.05, 0) is 29.7 Å². The molecule has 0 atom stereocenters. The molecule has 2 nitrogen and oxygen atoms in total. The highest BCUT2D eigenvalue weighted by atomic mass is 32.2. The zero-order valence-corrected chi connectivity index (χ0v) is 14.2. The maximum absolute atomic E-state index is 12.1. The summed E-state index contributed by atoms with van der Waals surface area (Å²) in [6, 6.07) is 17.9. The highest BCUT2D eigenvalue weighted by Gasteiger charge is 2.37. The molecule has 2 rings (SSSR count). The van der Waals surface area contributed by atoms with E-state index in [-0.39, 0.29) is 6.54 Å². The monoisotopic (exact) mass is 365 g/mol. The van der Waals surface area contributed by atoms with Crippen molar-refractivity contribution < 1.29 is 18.0 Å². The lowest BCUT2D eigenvalue weighted by Gasteiger charge is -2.05. The van der Waals surface area contributed by atoms with Gasteiger partial charge >= 0.3 is 12.1 Å². The fraction of sp³-hybridized carbons (Fsp3) is 0.211. The van der Waals surface area contributed by atoms with Crippen molar-refractivity contribution in [3.05, 3.63) is 71.8 Å². The number of amides is 1. The Morgan fingerprint density at radius 2 is 1.84 bits per heavy atom. The molecule has 2 aromatic carbocycles. The van der Waals surface area contributed by atoms with E-state index in [4.69, 9.17) is 0 Å². The minimum atomic E-state index is -4.84. The van der Waals surface area contributed by atoms with Gasteiger partial charge in [0.15, 0.2) is 0 Å². The van der Waals surface area contributed by atoms with Crippen molar-refractivity contribution >= 4 is 23.7 Å². The van der Waals surface area contributed by atoms with Crippen molar-refractivity contribution in [2.75, 3.05) is 12.3 Å². The first-order chi connectivity index (χ1) is 11.9. The number of carbonyl (C=O) groups is 1. The number of thioether (sulfide) groups is 1. The number of hydrogen-bond acceptors (Lipinski definition) is 2. The molecule has 0 saturated carbocycles. The summed E-state index contributed by atoms with van der Waals surface area (Å²) in [5.74, 6) is -0.985. The van der Waals surface area contributed by atoms with E-state index >= 15 is 0 Å². The van der Waals surface area contributed by atoms with E-state index in [1.807, 2.05) is 42.5 Å². The van der Waals surface area contributed by atoms with Gasteiger partial charge in [0, 0.05) is 17.2 Å². The Bertz CT molecular complexity index is 714. The van der Waals surface area contributed by atoms with Crippen LogP contribution in [0.5, 0.6) is 0 Å². The molecule has 0 aromatic heterocycles. The topological polar surface area (TPSA) is 29.1 Å². The number of halogens is 3. The van der Waals surface area contributed by atoms with Gasteiger partial charge in [-0.15, -0.1) is 11.8 Å². The number of alkyl halides is 3. The maximum Gasteiger partial charge on any atom is 0.471 e. The summed E-state index contributed by atoms with van der Waals surface area (Å²) >= 11 is 1.72. The molecule has 0 fully saturated rings. The van der Waals surface area contributed by atoms with Gasteiger partial charge in [-0.3, -0.25) is 4.79 Å². The van der Waals surface area contributed by atoms with E-state index in [9.17, 15) is 18.0 Å². The number of benzene rings is 2. The molecule has 25 heavy (non-hydrogen) atoms. The Morgan fingerprint density at radius 3 is 2.56 bits per heavy atom. The fourth-order valence-electron chi connectivity index (χ4n) is 2.09. The van der Waals surface area contributed by atoms with E-state index in [1.165, 1.54) is 11.6 Å². The molecule has 132 valence electrons. The van der Waals surface area contributed by atoms with Crippen molar-refractivity contribution in [2.24, 2.45) is 0 Å². The third-order valence-electron chi connectivity index (χ3n) is 3.31. The van der Waals surface area contributed by atoms with Crippen LogP contribution in [-0.4, -0.2) is 24.4 Å². The first-order valence-corrected chi connectivity index (χ1v) is 8.72. The Balaban J connectivity index is 1.80. The number of nitrogens with one attached hydrogen (secondary N) is 1. The van der Waals surface area contributed by atoms with E-state index < -0.39 is 12.1 Å². The van der Waals surface area contributed by atoms with Crippen LogP contribution >= 0.6 is 11.8 Å². The third kappa shape index (κ3) is 7.05. The van der Waals surface area contributed by atoms with Crippen LogP contribution in [0.25, 0.3) is 6.08 Å². The highest BCUT2D eigenvalue weighted by Crippen LogP contribution is 2.21. The van der Waals surface area contributed by atoms with Crippen molar-refractivity contribution in [3.63, 3.8) is 0 Å². The summed E-state index contributed by atoms with van der Waals surface area (Å²) in [5.41, 5.74) is 2.16. The molecular weight excluding hydrogens is 347 g/mol. The van der Waals surface area contributed by atoms with Crippen molar-refractivity contribution in [1.82, 2.24) is 5.32 Å². The number of carbonyl (C=O) groups excluding carboxylic acids is 1. The molecular formula is C19H18F3NOS.